The average molecular weight is 405 g/mol. The van der Waals surface area contributed by atoms with Crippen molar-refractivity contribution in [2.45, 2.75) is 12.6 Å². The third-order valence-corrected chi connectivity index (χ3v) is 5.10. The summed E-state index contributed by atoms with van der Waals surface area (Å²) < 4.78 is 0. The number of nitrogens with zero attached hydrogens (tertiary/aromatic N) is 2. The summed E-state index contributed by atoms with van der Waals surface area (Å²) in [6, 6.07) is 18.6. The Morgan fingerprint density at radius 2 is 1.72 bits per heavy atom. The van der Waals surface area contributed by atoms with Crippen molar-refractivity contribution in [2.75, 3.05) is 0 Å². The van der Waals surface area contributed by atoms with Crippen molar-refractivity contribution in [3.05, 3.63) is 106 Å². The van der Waals surface area contributed by atoms with E-state index in [0.717, 1.165) is 11.1 Å². The summed E-state index contributed by atoms with van der Waals surface area (Å²) in [5.74, 6) is -1.59. The summed E-state index contributed by atoms with van der Waals surface area (Å²) in [5, 5.41) is 11.5. The SMILES string of the molecule is O=C1C(=O)N(Cc2cccnc2)[C@@H](c2ccccc2)C1=C(O)c1ccc(Cl)cc1. The zero-order valence-corrected chi connectivity index (χ0v) is 16.1. The summed E-state index contributed by atoms with van der Waals surface area (Å²) in [5.41, 5.74) is 2.02. The first-order valence-electron chi connectivity index (χ1n) is 9.04. The summed E-state index contributed by atoms with van der Waals surface area (Å²) in [6.07, 6.45) is 3.30. The van der Waals surface area contributed by atoms with Crippen LogP contribution in [0.4, 0.5) is 0 Å². The van der Waals surface area contributed by atoms with Crippen LogP contribution in [0.2, 0.25) is 5.02 Å². The predicted molar refractivity (Wildman–Crippen MR) is 110 cm³/mol. The van der Waals surface area contributed by atoms with Gasteiger partial charge in [0.1, 0.15) is 5.76 Å². The number of benzene rings is 2. The molecule has 0 unspecified atom stereocenters. The van der Waals surface area contributed by atoms with Crippen LogP contribution in [-0.2, 0) is 16.1 Å². The van der Waals surface area contributed by atoms with E-state index in [9.17, 15) is 14.7 Å². The van der Waals surface area contributed by atoms with Gasteiger partial charge < -0.3 is 10.0 Å². The summed E-state index contributed by atoms with van der Waals surface area (Å²) in [6.45, 7) is 0.204. The van der Waals surface area contributed by atoms with Crippen molar-refractivity contribution in [1.29, 1.82) is 0 Å². The van der Waals surface area contributed by atoms with E-state index in [1.54, 1.807) is 42.7 Å². The standard InChI is InChI=1S/C23H17ClN2O3/c24-18-10-8-17(9-11-18)21(27)19-20(16-6-2-1-3-7-16)26(23(29)22(19)28)14-15-5-4-12-25-13-15/h1-13,20,27H,14H2/t20-/m0/s1. The van der Waals surface area contributed by atoms with Gasteiger partial charge in [-0.1, -0.05) is 48.0 Å². The van der Waals surface area contributed by atoms with Gasteiger partial charge >= 0.3 is 0 Å². The van der Waals surface area contributed by atoms with Gasteiger partial charge in [-0.05, 0) is 41.5 Å². The van der Waals surface area contributed by atoms with E-state index < -0.39 is 17.7 Å². The van der Waals surface area contributed by atoms with E-state index in [4.69, 9.17) is 11.6 Å². The molecule has 4 rings (SSSR count). The highest BCUT2D eigenvalue weighted by molar-refractivity contribution is 6.46. The van der Waals surface area contributed by atoms with Crippen LogP contribution < -0.4 is 0 Å². The van der Waals surface area contributed by atoms with Crippen LogP contribution in [0.3, 0.4) is 0 Å². The molecule has 0 bridgehead atoms. The quantitative estimate of drug-likeness (QED) is 0.398. The number of likely N-dealkylation sites (tertiary alicyclic amines) is 1. The molecule has 1 aromatic heterocycles. The average Bonchev–Trinajstić information content (AvgIpc) is 3.00. The van der Waals surface area contributed by atoms with Gasteiger partial charge in [0, 0.05) is 29.5 Å². The minimum absolute atomic E-state index is 0.0624. The van der Waals surface area contributed by atoms with E-state index >= 15 is 0 Å². The van der Waals surface area contributed by atoms with Crippen LogP contribution in [0.15, 0.2) is 84.7 Å². The van der Waals surface area contributed by atoms with Gasteiger partial charge in [0.15, 0.2) is 0 Å². The second kappa shape index (κ2) is 7.89. The van der Waals surface area contributed by atoms with Crippen LogP contribution in [0, 0.1) is 0 Å². The van der Waals surface area contributed by atoms with Crippen LogP contribution in [0.1, 0.15) is 22.7 Å². The Kier molecular flexibility index (Phi) is 5.14. The molecule has 0 saturated carbocycles. The maximum absolute atomic E-state index is 12.9. The maximum atomic E-state index is 12.9. The number of Topliss-reactive ketones (excluding diaryl/α,β-unsaturated/α-hetero) is 1. The third-order valence-electron chi connectivity index (χ3n) is 4.85. The molecular weight excluding hydrogens is 388 g/mol. The molecule has 3 aromatic rings. The Balaban J connectivity index is 1.85. The van der Waals surface area contributed by atoms with Crippen molar-refractivity contribution in [2.24, 2.45) is 0 Å². The first-order chi connectivity index (χ1) is 14.1. The van der Waals surface area contributed by atoms with E-state index in [1.807, 2.05) is 36.4 Å². The van der Waals surface area contributed by atoms with Crippen LogP contribution in [0.25, 0.3) is 5.76 Å². The van der Waals surface area contributed by atoms with E-state index in [-0.39, 0.29) is 17.9 Å². The number of hydrogen-bond acceptors (Lipinski definition) is 4. The van der Waals surface area contributed by atoms with Crippen LogP contribution in [0.5, 0.6) is 0 Å². The van der Waals surface area contributed by atoms with Crippen molar-refractivity contribution in [1.82, 2.24) is 9.88 Å². The molecule has 5 nitrogen and oxygen atoms in total. The molecule has 0 spiro atoms. The van der Waals surface area contributed by atoms with Crippen molar-refractivity contribution >= 4 is 29.1 Å². The molecule has 0 aliphatic carbocycles. The van der Waals surface area contributed by atoms with Crippen LogP contribution in [-0.4, -0.2) is 26.7 Å². The van der Waals surface area contributed by atoms with Gasteiger partial charge in [0.2, 0.25) is 0 Å². The molecule has 1 aliphatic heterocycles. The minimum atomic E-state index is -0.713. The summed E-state index contributed by atoms with van der Waals surface area (Å²) >= 11 is 5.93. The molecule has 2 heterocycles. The van der Waals surface area contributed by atoms with E-state index in [1.165, 1.54) is 4.90 Å². The molecule has 1 fully saturated rings. The topological polar surface area (TPSA) is 70.5 Å². The molecule has 144 valence electrons. The molecule has 2 aromatic carbocycles. The Bertz CT molecular complexity index is 1080. The number of carbonyl (C=O) groups excluding carboxylic acids is 2. The molecule has 0 radical (unpaired) electrons. The number of ketones is 1. The first-order valence-corrected chi connectivity index (χ1v) is 9.42. The highest BCUT2D eigenvalue weighted by Gasteiger charge is 2.46. The van der Waals surface area contributed by atoms with Gasteiger partial charge in [0.25, 0.3) is 11.7 Å². The normalized spacial score (nSPS) is 18.2. The van der Waals surface area contributed by atoms with E-state index in [0.29, 0.717) is 10.6 Å². The number of rotatable bonds is 4. The number of halogens is 1. The van der Waals surface area contributed by atoms with Gasteiger partial charge in [0.05, 0.1) is 11.6 Å². The Hall–Kier alpha value is -3.44. The highest BCUT2D eigenvalue weighted by atomic mass is 35.5. The van der Waals surface area contributed by atoms with Crippen molar-refractivity contribution in [3.63, 3.8) is 0 Å². The van der Waals surface area contributed by atoms with Crippen molar-refractivity contribution in [3.8, 4) is 0 Å². The summed E-state index contributed by atoms with van der Waals surface area (Å²) in [4.78, 5) is 31.4. The largest absolute Gasteiger partial charge is 0.507 e. The zero-order valence-electron chi connectivity index (χ0n) is 15.3. The molecule has 6 heteroatoms. The van der Waals surface area contributed by atoms with Crippen molar-refractivity contribution < 1.29 is 14.7 Å². The van der Waals surface area contributed by atoms with Gasteiger partial charge in [-0.2, -0.15) is 0 Å². The fourth-order valence-corrected chi connectivity index (χ4v) is 3.60. The van der Waals surface area contributed by atoms with Gasteiger partial charge in [-0.15, -0.1) is 0 Å². The number of aliphatic hydroxyl groups is 1. The number of aromatic nitrogens is 1. The molecule has 1 saturated heterocycles. The zero-order chi connectivity index (χ0) is 20.4. The number of amides is 1. The third kappa shape index (κ3) is 3.65. The molecular formula is C23H17ClN2O3. The predicted octanol–water partition coefficient (Wildman–Crippen LogP) is 4.36. The highest BCUT2D eigenvalue weighted by Crippen LogP contribution is 2.40. The maximum Gasteiger partial charge on any atom is 0.295 e. The Labute approximate surface area is 172 Å². The second-order valence-corrected chi connectivity index (χ2v) is 7.14. The molecule has 1 aliphatic rings. The van der Waals surface area contributed by atoms with Gasteiger partial charge in [-0.25, -0.2) is 0 Å². The number of hydrogen-bond donors (Lipinski definition) is 1. The Morgan fingerprint density at radius 3 is 2.38 bits per heavy atom. The smallest absolute Gasteiger partial charge is 0.295 e. The van der Waals surface area contributed by atoms with E-state index in [2.05, 4.69) is 4.98 Å². The molecule has 1 N–H and O–H groups in total. The lowest BCUT2D eigenvalue weighted by Gasteiger charge is -2.25. The Morgan fingerprint density at radius 1 is 1.00 bits per heavy atom. The molecule has 1 atom stereocenters. The monoisotopic (exact) mass is 404 g/mol. The lowest BCUT2D eigenvalue weighted by atomic mass is 9.95. The lowest BCUT2D eigenvalue weighted by molar-refractivity contribution is -0.140. The molecule has 29 heavy (non-hydrogen) atoms. The second-order valence-electron chi connectivity index (χ2n) is 6.71. The lowest BCUT2D eigenvalue weighted by Crippen LogP contribution is -2.29. The van der Waals surface area contributed by atoms with Gasteiger partial charge in [-0.3, -0.25) is 14.6 Å². The number of aliphatic hydroxyl groups excluding tert-OH is 1. The number of pyridine rings is 1. The fraction of sp³-hybridized carbons (Fsp3) is 0.0870. The number of carbonyl (C=O) groups is 2. The van der Waals surface area contributed by atoms with Crippen LogP contribution >= 0.6 is 11.6 Å². The first kappa shape index (κ1) is 18.9. The molecule has 1 amide bonds. The fourth-order valence-electron chi connectivity index (χ4n) is 3.48. The minimum Gasteiger partial charge on any atom is -0.507 e. The summed E-state index contributed by atoms with van der Waals surface area (Å²) in [7, 11) is 0.